The van der Waals surface area contributed by atoms with Crippen molar-refractivity contribution in [1.82, 2.24) is 24.7 Å². The molecule has 0 fully saturated rings. The summed E-state index contributed by atoms with van der Waals surface area (Å²) in [4.78, 5) is 8.78. The third-order valence-corrected chi connectivity index (χ3v) is 3.38. The van der Waals surface area contributed by atoms with Crippen LogP contribution in [0.3, 0.4) is 0 Å². The van der Waals surface area contributed by atoms with Crippen LogP contribution in [0.2, 0.25) is 0 Å². The fourth-order valence-electron chi connectivity index (χ4n) is 2.14. The number of fused-ring (bicyclic) bond motifs is 1. The molecule has 0 aliphatic carbocycles. The van der Waals surface area contributed by atoms with Gasteiger partial charge in [-0.05, 0) is 32.0 Å². The zero-order valence-corrected chi connectivity index (χ0v) is 12.1. The number of nitrogens with zero attached hydrogens (tertiary/aromatic N) is 4. The SMILES string of the molecule is CC(C)n1c(-c2nc(N)n[nH]2)nc2cc(Br)ccc21. The minimum absolute atomic E-state index is 0.221. The van der Waals surface area contributed by atoms with Gasteiger partial charge in [-0.25, -0.2) is 4.98 Å². The van der Waals surface area contributed by atoms with Crippen LogP contribution in [-0.4, -0.2) is 24.7 Å². The summed E-state index contributed by atoms with van der Waals surface area (Å²) in [5.41, 5.74) is 7.53. The molecule has 0 unspecified atom stereocenters. The molecule has 0 aliphatic rings. The molecule has 1 aromatic carbocycles. The smallest absolute Gasteiger partial charge is 0.239 e. The minimum Gasteiger partial charge on any atom is -0.366 e. The quantitative estimate of drug-likeness (QED) is 0.760. The van der Waals surface area contributed by atoms with Gasteiger partial charge in [-0.2, -0.15) is 4.98 Å². The number of imidazole rings is 1. The molecule has 0 saturated heterocycles. The number of nitrogen functional groups attached to an aromatic ring is 1. The lowest BCUT2D eigenvalue weighted by molar-refractivity contribution is 0.622. The molecule has 0 radical (unpaired) electrons. The van der Waals surface area contributed by atoms with E-state index in [-0.39, 0.29) is 12.0 Å². The number of anilines is 1. The Bertz CT molecular complexity index is 742. The van der Waals surface area contributed by atoms with Gasteiger partial charge in [-0.1, -0.05) is 15.9 Å². The Morgan fingerprint density at radius 3 is 2.74 bits per heavy atom. The number of aromatic nitrogens is 5. The van der Waals surface area contributed by atoms with Crippen molar-refractivity contribution in [2.75, 3.05) is 5.73 Å². The maximum absolute atomic E-state index is 5.56. The Hall–Kier alpha value is -1.89. The molecule has 3 rings (SSSR count). The van der Waals surface area contributed by atoms with Gasteiger partial charge in [0.25, 0.3) is 0 Å². The van der Waals surface area contributed by atoms with Crippen molar-refractivity contribution in [3.8, 4) is 11.6 Å². The average molecular weight is 321 g/mol. The van der Waals surface area contributed by atoms with Crippen molar-refractivity contribution in [3.05, 3.63) is 22.7 Å². The van der Waals surface area contributed by atoms with Crippen LogP contribution in [0, 0.1) is 0 Å². The van der Waals surface area contributed by atoms with Gasteiger partial charge in [0.1, 0.15) is 0 Å². The van der Waals surface area contributed by atoms with Crippen LogP contribution in [0.15, 0.2) is 22.7 Å². The molecule has 3 N–H and O–H groups in total. The van der Waals surface area contributed by atoms with E-state index in [2.05, 4.69) is 54.5 Å². The number of rotatable bonds is 2. The normalized spacial score (nSPS) is 11.6. The third-order valence-electron chi connectivity index (χ3n) is 2.88. The first-order valence-electron chi connectivity index (χ1n) is 5.92. The summed E-state index contributed by atoms with van der Waals surface area (Å²) in [5.74, 6) is 1.55. The number of nitrogens with two attached hydrogens (primary N) is 1. The standard InChI is InChI=1S/C12H13BrN6/c1-6(2)19-9-4-3-7(13)5-8(9)15-11(19)10-16-12(14)18-17-10/h3-6H,1-2H3,(H3,14,16,17,18). The van der Waals surface area contributed by atoms with Crippen LogP contribution >= 0.6 is 15.9 Å². The van der Waals surface area contributed by atoms with Crippen molar-refractivity contribution in [1.29, 1.82) is 0 Å². The molecule has 0 bridgehead atoms. The van der Waals surface area contributed by atoms with E-state index in [1.54, 1.807) is 0 Å². The summed E-state index contributed by atoms with van der Waals surface area (Å²) in [5, 5.41) is 6.67. The van der Waals surface area contributed by atoms with Crippen molar-refractivity contribution < 1.29 is 0 Å². The highest BCUT2D eigenvalue weighted by Crippen LogP contribution is 2.28. The Morgan fingerprint density at radius 2 is 2.11 bits per heavy atom. The van der Waals surface area contributed by atoms with Gasteiger partial charge in [0.2, 0.25) is 5.95 Å². The molecule has 0 saturated carbocycles. The first kappa shape index (κ1) is 12.2. The van der Waals surface area contributed by atoms with Crippen molar-refractivity contribution in [2.45, 2.75) is 19.9 Å². The van der Waals surface area contributed by atoms with Gasteiger partial charge < -0.3 is 10.3 Å². The highest BCUT2D eigenvalue weighted by Gasteiger charge is 2.17. The van der Waals surface area contributed by atoms with E-state index in [1.807, 2.05) is 18.2 Å². The van der Waals surface area contributed by atoms with Gasteiger partial charge in [0.15, 0.2) is 11.6 Å². The second kappa shape index (κ2) is 4.34. The summed E-state index contributed by atoms with van der Waals surface area (Å²) in [6.45, 7) is 4.21. The molecule has 0 aliphatic heterocycles. The molecule has 2 heterocycles. The minimum atomic E-state index is 0.221. The van der Waals surface area contributed by atoms with Crippen molar-refractivity contribution in [3.63, 3.8) is 0 Å². The average Bonchev–Trinajstić information content (AvgIpc) is 2.91. The number of aromatic amines is 1. The number of hydrogen-bond donors (Lipinski definition) is 2. The molecular formula is C12H13BrN6. The van der Waals surface area contributed by atoms with Crippen LogP contribution in [0.4, 0.5) is 5.95 Å². The van der Waals surface area contributed by atoms with Gasteiger partial charge in [0.05, 0.1) is 11.0 Å². The summed E-state index contributed by atoms with van der Waals surface area (Å²) < 4.78 is 3.11. The van der Waals surface area contributed by atoms with E-state index >= 15 is 0 Å². The number of hydrogen-bond acceptors (Lipinski definition) is 4. The molecule has 7 heteroatoms. The topological polar surface area (TPSA) is 85.4 Å². The molecule has 0 atom stereocenters. The first-order valence-corrected chi connectivity index (χ1v) is 6.71. The molecule has 0 amide bonds. The van der Waals surface area contributed by atoms with E-state index in [0.29, 0.717) is 5.82 Å². The summed E-state index contributed by atoms with van der Waals surface area (Å²) in [6, 6.07) is 6.28. The fraction of sp³-hybridized carbons (Fsp3) is 0.250. The summed E-state index contributed by atoms with van der Waals surface area (Å²) in [7, 11) is 0. The lowest BCUT2D eigenvalue weighted by atomic mass is 10.3. The number of H-pyrrole nitrogens is 1. The molecule has 2 aromatic heterocycles. The lowest BCUT2D eigenvalue weighted by Gasteiger charge is -2.11. The van der Waals surface area contributed by atoms with E-state index in [9.17, 15) is 0 Å². The summed E-state index contributed by atoms with van der Waals surface area (Å²) >= 11 is 3.46. The second-order valence-corrected chi connectivity index (χ2v) is 5.49. The largest absolute Gasteiger partial charge is 0.366 e. The monoisotopic (exact) mass is 320 g/mol. The van der Waals surface area contributed by atoms with E-state index in [1.165, 1.54) is 0 Å². The Kier molecular flexibility index (Phi) is 2.78. The molecule has 19 heavy (non-hydrogen) atoms. The molecule has 98 valence electrons. The zero-order chi connectivity index (χ0) is 13.6. The fourth-order valence-corrected chi connectivity index (χ4v) is 2.49. The number of benzene rings is 1. The first-order chi connectivity index (χ1) is 9.06. The lowest BCUT2D eigenvalue weighted by Crippen LogP contribution is -2.04. The van der Waals surface area contributed by atoms with E-state index in [0.717, 1.165) is 21.3 Å². The van der Waals surface area contributed by atoms with Gasteiger partial charge in [0, 0.05) is 10.5 Å². The second-order valence-electron chi connectivity index (χ2n) is 4.57. The van der Waals surface area contributed by atoms with Crippen LogP contribution in [-0.2, 0) is 0 Å². The highest BCUT2D eigenvalue weighted by molar-refractivity contribution is 9.10. The van der Waals surface area contributed by atoms with Gasteiger partial charge >= 0.3 is 0 Å². The molecule has 6 nitrogen and oxygen atoms in total. The number of nitrogens with one attached hydrogen (secondary N) is 1. The van der Waals surface area contributed by atoms with Crippen LogP contribution < -0.4 is 5.73 Å². The van der Waals surface area contributed by atoms with Gasteiger partial charge in [-0.15, -0.1) is 5.10 Å². The van der Waals surface area contributed by atoms with Crippen LogP contribution in [0.5, 0.6) is 0 Å². The maximum atomic E-state index is 5.56. The predicted octanol–water partition coefficient (Wildman–Crippen LogP) is 2.75. The Morgan fingerprint density at radius 1 is 1.32 bits per heavy atom. The van der Waals surface area contributed by atoms with Crippen LogP contribution in [0.25, 0.3) is 22.7 Å². The zero-order valence-electron chi connectivity index (χ0n) is 10.6. The van der Waals surface area contributed by atoms with Crippen molar-refractivity contribution in [2.24, 2.45) is 0 Å². The van der Waals surface area contributed by atoms with E-state index < -0.39 is 0 Å². The maximum Gasteiger partial charge on any atom is 0.239 e. The van der Waals surface area contributed by atoms with Gasteiger partial charge in [-0.3, -0.25) is 5.10 Å². The van der Waals surface area contributed by atoms with Crippen molar-refractivity contribution >= 4 is 32.9 Å². The highest BCUT2D eigenvalue weighted by atomic mass is 79.9. The predicted molar refractivity (Wildman–Crippen MR) is 77.6 cm³/mol. The Balaban J connectivity index is 2.31. The molecular weight excluding hydrogens is 308 g/mol. The van der Waals surface area contributed by atoms with E-state index in [4.69, 9.17) is 5.73 Å². The molecule has 3 aromatic rings. The summed E-state index contributed by atoms with van der Waals surface area (Å²) in [6.07, 6.45) is 0. The number of halogens is 1. The van der Waals surface area contributed by atoms with Crippen LogP contribution in [0.1, 0.15) is 19.9 Å². The Labute approximate surface area is 118 Å². The molecule has 0 spiro atoms. The third kappa shape index (κ3) is 1.99.